The number of rotatable bonds is 8. The van der Waals surface area contributed by atoms with Crippen LogP contribution in [-0.4, -0.2) is 55.7 Å². The highest BCUT2D eigenvalue weighted by Crippen LogP contribution is 2.47. The molecular weight excluding hydrogens is 558 g/mol. The smallest absolute Gasteiger partial charge is 0.331 e. The number of hydrogen-bond donors (Lipinski definition) is 2. The minimum Gasteiger partial charge on any atom is -0.377 e. The molecule has 1 aliphatic heterocycles. The van der Waals surface area contributed by atoms with Crippen molar-refractivity contribution in [2.75, 3.05) is 29.1 Å². The number of benzene rings is 1. The summed E-state index contributed by atoms with van der Waals surface area (Å²) >= 11 is 0. The van der Waals surface area contributed by atoms with E-state index in [4.69, 9.17) is 0 Å². The van der Waals surface area contributed by atoms with Crippen LogP contribution in [0.3, 0.4) is 0 Å². The lowest BCUT2D eigenvalue weighted by Gasteiger charge is -2.17. The molecule has 2 saturated carbocycles. The number of hydrogen-bond acceptors (Lipinski definition) is 7. The van der Waals surface area contributed by atoms with Gasteiger partial charge in [-0.3, -0.25) is 19.4 Å². The summed E-state index contributed by atoms with van der Waals surface area (Å²) in [6.45, 7) is 1.85. The summed E-state index contributed by atoms with van der Waals surface area (Å²) < 4.78 is 31.2. The fraction of sp³-hybridized carbons (Fsp3) is 0.333. The number of nitrogens with one attached hydrogen (secondary N) is 2. The summed E-state index contributed by atoms with van der Waals surface area (Å²) in [6, 6.07) is 5.21. The van der Waals surface area contributed by atoms with Crippen LogP contribution in [0.1, 0.15) is 53.9 Å². The summed E-state index contributed by atoms with van der Waals surface area (Å²) in [5, 5.41) is 5.53. The van der Waals surface area contributed by atoms with E-state index in [1.165, 1.54) is 18.0 Å². The molecule has 0 unspecified atom stereocenters. The number of aromatic nitrogens is 4. The molecule has 2 atom stereocenters. The first-order valence-electron chi connectivity index (χ1n) is 14.1. The Labute approximate surface area is 244 Å². The Morgan fingerprint density at radius 1 is 1.07 bits per heavy atom. The van der Waals surface area contributed by atoms with E-state index in [0.29, 0.717) is 35.2 Å². The van der Waals surface area contributed by atoms with E-state index in [1.807, 2.05) is 23.6 Å². The van der Waals surface area contributed by atoms with Gasteiger partial charge in [0.25, 0.3) is 0 Å². The van der Waals surface area contributed by atoms with Crippen molar-refractivity contribution < 1.29 is 23.2 Å². The molecule has 0 radical (unpaired) electrons. The lowest BCUT2D eigenvalue weighted by molar-refractivity contribution is -0.124. The molecule has 1 saturated heterocycles. The zero-order valence-electron chi connectivity index (χ0n) is 23.5. The van der Waals surface area contributed by atoms with Gasteiger partial charge in [0, 0.05) is 49.2 Å². The maximum atomic E-state index is 14.8. The molecule has 2 aliphatic carbocycles. The molecule has 3 aliphatic rings. The topological polar surface area (TPSA) is 125 Å². The van der Waals surface area contributed by atoms with Crippen LogP contribution in [0.15, 0.2) is 42.9 Å². The van der Waals surface area contributed by atoms with Gasteiger partial charge >= 0.3 is 6.03 Å². The van der Waals surface area contributed by atoms with Gasteiger partial charge in [0.15, 0.2) is 5.65 Å². The molecule has 220 valence electrons. The van der Waals surface area contributed by atoms with Crippen molar-refractivity contribution in [3.63, 3.8) is 0 Å². The number of imidazole rings is 1. The number of pyridine rings is 1. The number of carbonyl (C=O) groups excluding carboxylic acids is 3. The van der Waals surface area contributed by atoms with Gasteiger partial charge in [-0.05, 0) is 55.9 Å². The number of aryl methyl sites for hydroxylation is 1. The minimum atomic E-state index is -0.889. The molecule has 13 heteroatoms. The van der Waals surface area contributed by atoms with Crippen LogP contribution < -0.4 is 15.5 Å². The zero-order chi connectivity index (χ0) is 30.0. The number of fused-ring (bicyclic) bond motifs is 1. The molecule has 3 aromatic heterocycles. The van der Waals surface area contributed by atoms with Crippen LogP contribution in [0.2, 0.25) is 0 Å². The van der Waals surface area contributed by atoms with E-state index < -0.39 is 23.6 Å². The molecule has 11 nitrogen and oxygen atoms in total. The molecular formula is C30H28F2N8O3. The van der Waals surface area contributed by atoms with Crippen LogP contribution >= 0.6 is 0 Å². The third-order valence-corrected chi connectivity index (χ3v) is 8.17. The number of imide groups is 1. The maximum absolute atomic E-state index is 14.8. The first-order valence-corrected chi connectivity index (χ1v) is 14.1. The van der Waals surface area contributed by atoms with Gasteiger partial charge in [0.05, 0.1) is 29.3 Å². The molecule has 4 aromatic rings. The summed E-state index contributed by atoms with van der Waals surface area (Å²) in [4.78, 5) is 53.6. The van der Waals surface area contributed by atoms with Crippen molar-refractivity contribution in [2.45, 2.75) is 44.6 Å². The second kappa shape index (κ2) is 10.1. The fourth-order valence-electron chi connectivity index (χ4n) is 5.47. The summed E-state index contributed by atoms with van der Waals surface area (Å²) in [6.07, 6.45) is 8.01. The maximum Gasteiger partial charge on any atom is 0.331 e. The van der Waals surface area contributed by atoms with E-state index >= 15 is 0 Å². The molecule has 0 spiro atoms. The van der Waals surface area contributed by atoms with Crippen LogP contribution in [0.25, 0.3) is 5.65 Å². The van der Waals surface area contributed by atoms with Gasteiger partial charge in [-0.25, -0.2) is 28.5 Å². The SMILES string of the molecule is Cc1ccnc([C@H]2C[C@@H]2C(=O)Nc2cc(NCc3cn4cc(C5CC5)cc(N5CC(=O)N(C)C5=O)c4n3)c(F)cc2F)n1. The molecule has 4 amide bonds. The van der Waals surface area contributed by atoms with Gasteiger partial charge in [-0.1, -0.05) is 0 Å². The molecule has 7 rings (SSSR count). The third-order valence-electron chi connectivity index (χ3n) is 8.17. The first kappa shape index (κ1) is 26.9. The Kier molecular flexibility index (Phi) is 6.33. The standard InChI is InChI=1S/C30H28F2N8O3/c1-15-5-6-33-27(35-15)19-8-20(19)29(42)37-24-10-23(21(31)9-22(24)32)34-11-18-13-39-12-17(16-3-4-16)7-25(28(39)36-18)40-14-26(41)38(2)30(40)43/h5-7,9-10,12-13,16,19-20,34H,3-4,8,11,14H2,1-2H3,(H,37,42)/t19-,20-/m0/s1. The highest BCUT2D eigenvalue weighted by Gasteiger charge is 2.46. The second-order valence-electron chi connectivity index (χ2n) is 11.4. The van der Waals surface area contributed by atoms with E-state index in [1.54, 1.807) is 18.5 Å². The second-order valence-corrected chi connectivity index (χ2v) is 11.4. The molecule has 2 N–H and O–H groups in total. The highest BCUT2D eigenvalue weighted by molar-refractivity contribution is 6.13. The number of carbonyl (C=O) groups is 3. The average molecular weight is 587 g/mol. The van der Waals surface area contributed by atoms with E-state index in [9.17, 15) is 23.2 Å². The Bertz CT molecular complexity index is 1820. The predicted octanol–water partition coefficient (Wildman–Crippen LogP) is 4.34. The van der Waals surface area contributed by atoms with Crippen molar-refractivity contribution in [1.82, 2.24) is 24.3 Å². The predicted molar refractivity (Wildman–Crippen MR) is 153 cm³/mol. The van der Waals surface area contributed by atoms with Gasteiger partial charge < -0.3 is 15.0 Å². The lowest BCUT2D eigenvalue weighted by atomic mass is 10.1. The van der Waals surface area contributed by atoms with Gasteiger partial charge in [0.1, 0.15) is 24.0 Å². The number of amides is 4. The Hall–Kier alpha value is -4.94. The average Bonchev–Trinajstić information content (AvgIpc) is 3.91. The van der Waals surface area contributed by atoms with E-state index in [2.05, 4.69) is 25.6 Å². The fourth-order valence-corrected chi connectivity index (χ4v) is 5.47. The third kappa shape index (κ3) is 5.04. The van der Waals surface area contributed by atoms with Gasteiger partial charge in [-0.15, -0.1) is 0 Å². The summed E-state index contributed by atoms with van der Waals surface area (Å²) in [5.41, 5.74) is 3.25. The molecule has 3 fully saturated rings. The van der Waals surface area contributed by atoms with Crippen molar-refractivity contribution in [3.8, 4) is 0 Å². The number of anilines is 3. The van der Waals surface area contributed by atoms with Crippen LogP contribution in [0.5, 0.6) is 0 Å². The van der Waals surface area contributed by atoms with Crippen LogP contribution in [0, 0.1) is 24.5 Å². The molecule has 1 aromatic carbocycles. The Morgan fingerprint density at radius 2 is 1.86 bits per heavy atom. The quantitative estimate of drug-likeness (QED) is 0.294. The van der Waals surface area contributed by atoms with Gasteiger partial charge in [0.2, 0.25) is 11.8 Å². The summed E-state index contributed by atoms with van der Waals surface area (Å²) in [7, 11) is 1.45. The van der Waals surface area contributed by atoms with Crippen LogP contribution in [0.4, 0.5) is 30.6 Å². The van der Waals surface area contributed by atoms with E-state index in [-0.39, 0.29) is 42.2 Å². The van der Waals surface area contributed by atoms with E-state index in [0.717, 1.165) is 35.1 Å². The van der Waals surface area contributed by atoms with Crippen molar-refractivity contribution in [3.05, 3.63) is 77.3 Å². The number of likely N-dealkylation sites (N-methyl/N-ethyl adjacent to an activating group) is 1. The number of halogens is 2. The van der Waals surface area contributed by atoms with Crippen molar-refractivity contribution in [2.24, 2.45) is 5.92 Å². The lowest BCUT2D eigenvalue weighted by Crippen LogP contribution is -2.30. The number of nitrogens with zero attached hydrogens (tertiary/aromatic N) is 6. The largest absolute Gasteiger partial charge is 0.377 e. The highest BCUT2D eigenvalue weighted by atomic mass is 19.1. The Morgan fingerprint density at radius 3 is 2.58 bits per heavy atom. The minimum absolute atomic E-state index is 0.0102. The van der Waals surface area contributed by atoms with Gasteiger partial charge in [-0.2, -0.15) is 0 Å². The van der Waals surface area contributed by atoms with Crippen molar-refractivity contribution in [1.29, 1.82) is 0 Å². The van der Waals surface area contributed by atoms with Crippen molar-refractivity contribution >= 4 is 40.6 Å². The molecule has 0 bridgehead atoms. The zero-order valence-corrected chi connectivity index (χ0v) is 23.5. The molecule has 43 heavy (non-hydrogen) atoms. The number of urea groups is 1. The summed E-state index contributed by atoms with van der Waals surface area (Å²) in [5.74, 6) is -1.97. The first-order chi connectivity index (χ1) is 20.7. The molecule has 4 heterocycles. The monoisotopic (exact) mass is 586 g/mol. The Balaban J connectivity index is 1.09. The normalized spacial score (nSPS) is 19.8. The van der Waals surface area contributed by atoms with Crippen LogP contribution in [-0.2, 0) is 16.1 Å².